The van der Waals surface area contributed by atoms with E-state index in [1.54, 1.807) is 12.1 Å². The Balaban J connectivity index is 2.33. The Morgan fingerprint density at radius 1 is 1.42 bits per heavy atom. The SMILES string of the molecule is Cc1cc(=O)oc2cc(OCCCC#N)c(Cl)cc12. The Labute approximate surface area is 115 Å². The molecule has 0 amide bonds. The summed E-state index contributed by atoms with van der Waals surface area (Å²) in [6.45, 7) is 2.22. The Morgan fingerprint density at radius 2 is 2.21 bits per heavy atom. The van der Waals surface area contributed by atoms with Crippen LogP contribution in [-0.4, -0.2) is 6.61 Å². The summed E-state index contributed by atoms with van der Waals surface area (Å²) in [6, 6.07) is 6.79. The van der Waals surface area contributed by atoms with Crippen LogP contribution in [0.1, 0.15) is 18.4 Å². The molecule has 0 N–H and O–H groups in total. The fourth-order valence-electron chi connectivity index (χ4n) is 1.76. The number of rotatable bonds is 4. The van der Waals surface area contributed by atoms with E-state index < -0.39 is 5.63 Å². The van der Waals surface area contributed by atoms with Gasteiger partial charge in [0.2, 0.25) is 0 Å². The number of hydrogen-bond acceptors (Lipinski definition) is 4. The van der Waals surface area contributed by atoms with Crippen molar-refractivity contribution < 1.29 is 9.15 Å². The van der Waals surface area contributed by atoms with Crippen molar-refractivity contribution in [3.63, 3.8) is 0 Å². The minimum absolute atomic E-state index is 0.398. The normalized spacial score (nSPS) is 10.4. The molecular formula is C14H12ClNO3. The van der Waals surface area contributed by atoms with Crippen molar-refractivity contribution in [2.75, 3.05) is 6.61 Å². The van der Waals surface area contributed by atoms with E-state index in [0.717, 1.165) is 10.9 Å². The standard InChI is InChI=1S/C14H12ClNO3/c1-9-6-14(17)19-12-8-13(11(15)7-10(9)12)18-5-3-2-4-16/h6-8H,2-3,5H2,1H3. The zero-order chi connectivity index (χ0) is 13.8. The van der Waals surface area contributed by atoms with Gasteiger partial charge in [-0.2, -0.15) is 5.26 Å². The molecule has 0 bridgehead atoms. The van der Waals surface area contributed by atoms with Gasteiger partial charge in [-0.15, -0.1) is 0 Å². The van der Waals surface area contributed by atoms with Crippen LogP contribution in [0.5, 0.6) is 5.75 Å². The molecule has 0 aliphatic rings. The summed E-state index contributed by atoms with van der Waals surface area (Å²) < 4.78 is 10.6. The molecule has 0 radical (unpaired) electrons. The smallest absolute Gasteiger partial charge is 0.336 e. The zero-order valence-electron chi connectivity index (χ0n) is 10.4. The number of nitriles is 1. The lowest BCUT2D eigenvalue weighted by Crippen LogP contribution is -2.00. The lowest BCUT2D eigenvalue weighted by molar-refractivity contribution is 0.313. The molecule has 0 saturated carbocycles. The van der Waals surface area contributed by atoms with E-state index in [9.17, 15) is 4.79 Å². The van der Waals surface area contributed by atoms with Crippen LogP contribution in [0.4, 0.5) is 0 Å². The van der Waals surface area contributed by atoms with Crippen molar-refractivity contribution in [3.8, 4) is 11.8 Å². The summed E-state index contributed by atoms with van der Waals surface area (Å²) in [5.41, 5.74) is 0.858. The van der Waals surface area contributed by atoms with E-state index in [1.165, 1.54) is 6.07 Å². The van der Waals surface area contributed by atoms with Gasteiger partial charge in [-0.1, -0.05) is 11.6 Å². The maximum absolute atomic E-state index is 11.3. The molecule has 0 aliphatic heterocycles. The van der Waals surface area contributed by atoms with Crippen LogP contribution in [0.2, 0.25) is 5.02 Å². The Bertz CT molecular complexity index is 700. The van der Waals surface area contributed by atoms with Crippen molar-refractivity contribution in [1.82, 2.24) is 0 Å². The molecule has 0 unspecified atom stereocenters. The molecule has 5 heteroatoms. The van der Waals surface area contributed by atoms with Crippen LogP contribution in [-0.2, 0) is 0 Å². The largest absolute Gasteiger partial charge is 0.492 e. The molecule has 0 fully saturated rings. The van der Waals surface area contributed by atoms with Crippen LogP contribution in [0.15, 0.2) is 27.4 Å². The highest BCUT2D eigenvalue weighted by Gasteiger charge is 2.09. The van der Waals surface area contributed by atoms with Crippen molar-refractivity contribution in [1.29, 1.82) is 5.26 Å². The van der Waals surface area contributed by atoms with E-state index in [2.05, 4.69) is 0 Å². The van der Waals surface area contributed by atoms with E-state index in [4.69, 9.17) is 26.0 Å². The zero-order valence-corrected chi connectivity index (χ0v) is 11.2. The van der Waals surface area contributed by atoms with Crippen LogP contribution < -0.4 is 10.4 Å². The van der Waals surface area contributed by atoms with Gasteiger partial charge in [-0.25, -0.2) is 4.79 Å². The molecule has 0 saturated heterocycles. The monoisotopic (exact) mass is 277 g/mol. The molecule has 1 aromatic heterocycles. The van der Waals surface area contributed by atoms with Crippen LogP contribution in [0.3, 0.4) is 0 Å². The summed E-state index contributed by atoms with van der Waals surface area (Å²) in [5, 5.41) is 9.68. The molecule has 4 nitrogen and oxygen atoms in total. The maximum Gasteiger partial charge on any atom is 0.336 e. The first-order chi connectivity index (χ1) is 9.11. The molecule has 1 aromatic carbocycles. The Kier molecular flexibility index (Phi) is 4.08. The molecule has 98 valence electrons. The summed E-state index contributed by atoms with van der Waals surface area (Å²) >= 11 is 6.12. The summed E-state index contributed by atoms with van der Waals surface area (Å²) in [7, 11) is 0. The summed E-state index contributed by atoms with van der Waals surface area (Å²) in [4.78, 5) is 11.3. The van der Waals surface area contributed by atoms with Crippen molar-refractivity contribution in [3.05, 3.63) is 39.2 Å². The molecule has 0 aliphatic carbocycles. The van der Waals surface area contributed by atoms with Gasteiger partial charge in [0.25, 0.3) is 0 Å². The maximum atomic E-state index is 11.3. The third-order valence-electron chi connectivity index (χ3n) is 2.69. The van der Waals surface area contributed by atoms with Crippen LogP contribution in [0.25, 0.3) is 11.0 Å². The van der Waals surface area contributed by atoms with Crippen molar-refractivity contribution >= 4 is 22.6 Å². The van der Waals surface area contributed by atoms with Crippen LogP contribution >= 0.6 is 11.6 Å². The van der Waals surface area contributed by atoms with Crippen LogP contribution in [0, 0.1) is 18.3 Å². The lowest BCUT2D eigenvalue weighted by atomic mass is 10.1. The quantitative estimate of drug-likeness (QED) is 0.634. The van der Waals surface area contributed by atoms with E-state index >= 15 is 0 Å². The number of fused-ring (bicyclic) bond motifs is 1. The number of hydrogen-bond donors (Lipinski definition) is 0. The fourth-order valence-corrected chi connectivity index (χ4v) is 1.98. The van der Waals surface area contributed by atoms with Gasteiger partial charge in [0.1, 0.15) is 11.3 Å². The second-order valence-electron chi connectivity index (χ2n) is 4.14. The minimum atomic E-state index is -0.400. The van der Waals surface area contributed by atoms with Gasteiger partial charge in [-0.3, -0.25) is 0 Å². The molecule has 2 rings (SSSR count). The predicted molar refractivity (Wildman–Crippen MR) is 72.6 cm³/mol. The van der Waals surface area contributed by atoms with Gasteiger partial charge >= 0.3 is 5.63 Å². The second-order valence-corrected chi connectivity index (χ2v) is 4.54. The number of unbranched alkanes of at least 4 members (excludes halogenated alkanes) is 1. The first-order valence-electron chi connectivity index (χ1n) is 5.85. The van der Waals surface area contributed by atoms with E-state index in [0.29, 0.717) is 35.8 Å². The Hall–Kier alpha value is -1.99. The van der Waals surface area contributed by atoms with Gasteiger partial charge in [0, 0.05) is 23.9 Å². The first-order valence-corrected chi connectivity index (χ1v) is 6.23. The summed E-state index contributed by atoms with van der Waals surface area (Å²) in [6.07, 6.45) is 1.06. The fraction of sp³-hybridized carbons (Fsp3) is 0.286. The molecule has 19 heavy (non-hydrogen) atoms. The predicted octanol–water partition coefficient (Wildman–Crippen LogP) is 3.44. The van der Waals surface area contributed by atoms with E-state index in [1.807, 2.05) is 13.0 Å². The van der Waals surface area contributed by atoms with Gasteiger partial charge in [-0.05, 0) is 25.0 Å². The highest BCUT2D eigenvalue weighted by Crippen LogP contribution is 2.31. The number of benzene rings is 1. The third kappa shape index (κ3) is 3.07. The highest BCUT2D eigenvalue weighted by molar-refractivity contribution is 6.32. The number of halogens is 1. The minimum Gasteiger partial charge on any atom is -0.492 e. The van der Waals surface area contributed by atoms with E-state index in [-0.39, 0.29) is 0 Å². The number of ether oxygens (including phenoxy) is 1. The van der Waals surface area contributed by atoms with Crippen molar-refractivity contribution in [2.45, 2.75) is 19.8 Å². The average Bonchev–Trinajstić information content (AvgIpc) is 2.36. The topological polar surface area (TPSA) is 63.2 Å². The van der Waals surface area contributed by atoms with Gasteiger partial charge < -0.3 is 9.15 Å². The third-order valence-corrected chi connectivity index (χ3v) is 2.99. The first kappa shape index (κ1) is 13.4. The summed E-state index contributed by atoms with van der Waals surface area (Å²) in [5.74, 6) is 0.459. The number of nitrogens with zero attached hydrogens (tertiary/aromatic N) is 1. The van der Waals surface area contributed by atoms with Gasteiger partial charge in [0.05, 0.1) is 17.7 Å². The average molecular weight is 278 g/mol. The molecule has 0 atom stereocenters. The highest BCUT2D eigenvalue weighted by atomic mass is 35.5. The molecular weight excluding hydrogens is 266 g/mol. The molecule has 0 spiro atoms. The number of aryl methyl sites for hydroxylation is 1. The Morgan fingerprint density at radius 3 is 2.95 bits per heavy atom. The molecule has 2 aromatic rings. The van der Waals surface area contributed by atoms with Gasteiger partial charge in [0.15, 0.2) is 0 Å². The molecule has 1 heterocycles. The van der Waals surface area contributed by atoms with Crippen molar-refractivity contribution in [2.24, 2.45) is 0 Å². The lowest BCUT2D eigenvalue weighted by Gasteiger charge is -2.09. The second kappa shape index (κ2) is 5.77.